The summed E-state index contributed by atoms with van der Waals surface area (Å²) in [5, 5.41) is 2.79. The van der Waals surface area contributed by atoms with Crippen molar-refractivity contribution in [1.29, 1.82) is 0 Å². The molecule has 1 N–H and O–H groups in total. The van der Waals surface area contributed by atoms with Gasteiger partial charge in [0.25, 0.3) is 0 Å². The number of carbonyl (C=O) groups excluding carboxylic acids is 1. The molecule has 1 aromatic rings. The van der Waals surface area contributed by atoms with E-state index >= 15 is 0 Å². The Morgan fingerprint density at radius 2 is 1.89 bits per heavy atom. The third kappa shape index (κ3) is 5.53. The summed E-state index contributed by atoms with van der Waals surface area (Å²) in [7, 11) is 0. The number of carbonyl (C=O) groups is 1. The Hall–Kier alpha value is -1.77. The Kier molecular flexibility index (Phi) is 5.43. The van der Waals surface area contributed by atoms with Crippen LogP contribution in [0.5, 0.6) is 5.75 Å². The molecule has 0 aliphatic heterocycles. The van der Waals surface area contributed by atoms with E-state index < -0.39 is 0 Å². The van der Waals surface area contributed by atoms with Crippen molar-refractivity contribution in [3.05, 3.63) is 35.9 Å². The lowest BCUT2D eigenvalue weighted by atomic mass is 10.2. The maximum Gasteiger partial charge on any atom is 0.248 e. The monoisotopic (exact) mass is 247 g/mol. The fourth-order valence-corrected chi connectivity index (χ4v) is 1.34. The van der Waals surface area contributed by atoms with Crippen LogP contribution in [0.1, 0.15) is 27.7 Å². The number of rotatable bonds is 5. The molecule has 0 aliphatic rings. The van der Waals surface area contributed by atoms with Gasteiger partial charge in [0.2, 0.25) is 5.91 Å². The maximum absolute atomic E-state index is 11.5. The third-order valence-electron chi connectivity index (χ3n) is 2.12. The molecule has 0 aliphatic carbocycles. The largest absolute Gasteiger partial charge is 0.493 e. The second kappa shape index (κ2) is 6.84. The molecule has 0 saturated heterocycles. The number of benzene rings is 1. The summed E-state index contributed by atoms with van der Waals surface area (Å²) in [5.74, 6) is 1.22. The summed E-state index contributed by atoms with van der Waals surface area (Å²) in [6.07, 6.45) is 1.57. The molecule has 98 valence electrons. The van der Waals surface area contributed by atoms with Crippen LogP contribution in [0.15, 0.2) is 35.9 Å². The average molecular weight is 247 g/mol. The number of anilines is 1. The molecule has 1 amide bonds. The Labute approximate surface area is 109 Å². The summed E-state index contributed by atoms with van der Waals surface area (Å²) in [6.45, 7) is 8.69. The molecular weight excluding hydrogens is 226 g/mol. The average Bonchev–Trinajstić information content (AvgIpc) is 2.26. The number of amides is 1. The van der Waals surface area contributed by atoms with Crippen molar-refractivity contribution in [2.45, 2.75) is 27.7 Å². The summed E-state index contributed by atoms with van der Waals surface area (Å²) >= 11 is 0. The van der Waals surface area contributed by atoms with Gasteiger partial charge in [0.05, 0.1) is 6.61 Å². The standard InChI is InChI=1S/C15H21NO2/c1-11(2)9-15(17)16-13-5-7-14(8-6-13)18-10-12(3)4/h5-9,12H,10H2,1-4H3,(H,16,17). The minimum Gasteiger partial charge on any atom is -0.493 e. The summed E-state index contributed by atoms with van der Waals surface area (Å²) < 4.78 is 5.57. The molecule has 0 radical (unpaired) electrons. The molecule has 0 bridgehead atoms. The minimum atomic E-state index is -0.106. The molecular formula is C15H21NO2. The highest BCUT2D eigenvalue weighted by molar-refractivity contribution is 5.99. The topological polar surface area (TPSA) is 38.3 Å². The van der Waals surface area contributed by atoms with E-state index in [1.54, 1.807) is 6.08 Å². The first kappa shape index (κ1) is 14.3. The van der Waals surface area contributed by atoms with Gasteiger partial charge in [0.15, 0.2) is 0 Å². The fourth-order valence-electron chi connectivity index (χ4n) is 1.34. The van der Waals surface area contributed by atoms with Gasteiger partial charge in [-0.15, -0.1) is 0 Å². The zero-order valence-corrected chi connectivity index (χ0v) is 11.5. The molecule has 1 aromatic carbocycles. The van der Waals surface area contributed by atoms with Gasteiger partial charge in [0, 0.05) is 11.8 Å². The summed E-state index contributed by atoms with van der Waals surface area (Å²) in [6, 6.07) is 7.40. The van der Waals surface area contributed by atoms with Gasteiger partial charge in [-0.25, -0.2) is 0 Å². The van der Waals surface area contributed by atoms with Crippen LogP contribution in [0.2, 0.25) is 0 Å². The number of hydrogen-bond donors (Lipinski definition) is 1. The van der Waals surface area contributed by atoms with Gasteiger partial charge in [0.1, 0.15) is 5.75 Å². The van der Waals surface area contributed by atoms with Gasteiger partial charge in [-0.2, -0.15) is 0 Å². The Balaban J connectivity index is 2.55. The maximum atomic E-state index is 11.5. The van der Waals surface area contributed by atoms with Crippen LogP contribution in [-0.4, -0.2) is 12.5 Å². The first-order valence-corrected chi connectivity index (χ1v) is 6.16. The van der Waals surface area contributed by atoms with Crippen molar-refractivity contribution in [3.63, 3.8) is 0 Å². The second-order valence-corrected chi connectivity index (χ2v) is 4.94. The van der Waals surface area contributed by atoms with Crippen LogP contribution < -0.4 is 10.1 Å². The lowest BCUT2D eigenvalue weighted by Gasteiger charge is -2.09. The van der Waals surface area contributed by atoms with Crippen molar-refractivity contribution < 1.29 is 9.53 Å². The second-order valence-electron chi connectivity index (χ2n) is 4.94. The smallest absolute Gasteiger partial charge is 0.248 e. The van der Waals surface area contributed by atoms with E-state index in [-0.39, 0.29) is 5.91 Å². The highest BCUT2D eigenvalue weighted by Gasteiger charge is 2.00. The first-order valence-electron chi connectivity index (χ1n) is 6.16. The number of ether oxygens (including phenoxy) is 1. The third-order valence-corrected chi connectivity index (χ3v) is 2.12. The van der Waals surface area contributed by atoms with Crippen LogP contribution >= 0.6 is 0 Å². The van der Waals surface area contributed by atoms with E-state index in [1.165, 1.54) is 0 Å². The van der Waals surface area contributed by atoms with Crippen molar-refractivity contribution >= 4 is 11.6 Å². The van der Waals surface area contributed by atoms with E-state index in [1.807, 2.05) is 38.1 Å². The van der Waals surface area contributed by atoms with Crippen LogP contribution in [0, 0.1) is 5.92 Å². The highest BCUT2D eigenvalue weighted by Crippen LogP contribution is 2.16. The first-order chi connectivity index (χ1) is 8.47. The van der Waals surface area contributed by atoms with Crippen LogP contribution in [0.4, 0.5) is 5.69 Å². The van der Waals surface area contributed by atoms with Gasteiger partial charge in [-0.1, -0.05) is 19.4 Å². The molecule has 1 rings (SSSR count). The molecule has 0 atom stereocenters. The van der Waals surface area contributed by atoms with Crippen molar-refractivity contribution in [2.75, 3.05) is 11.9 Å². The molecule has 0 unspecified atom stereocenters. The van der Waals surface area contributed by atoms with Gasteiger partial charge >= 0.3 is 0 Å². The summed E-state index contributed by atoms with van der Waals surface area (Å²) in [4.78, 5) is 11.5. The Bertz CT molecular complexity index is 415. The van der Waals surface area contributed by atoms with Crippen LogP contribution in [-0.2, 0) is 4.79 Å². The molecule has 0 fully saturated rings. The predicted molar refractivity (Wildman–Crippen MR) is 74.8 cm³/mol. The molecule has 0 heterocycles. The van der Waals surface area contributed by atoms with E-state index in [9.17, 15) is 4.79 Å². The van der Waals surface area contributed by atoms with Crippen LogP contribution in [0.3, 0.4) is 0 Å². The van der Waals surface area contributed by atoms with Crippen molar-refractivity contribution in [2.24, 2.45) is 5.92 Å². The van der Waals surface area contributed by atoms with E-state index in [4.69, 9.17) is 4.74 Å². The fraction of sp³-hybridized carbons (Fsp3) is 0.400. The molecule has 0 saturated carbocycles. The quantitative estimate of drug-likeness (QED) is 0.807. The normalized spacial score (nSPS) is 10.1. The van der Waals surface area contributed by atoms with E-state index in [0.717, 1.165) is 17.0 Å². The molecule has 0 spiro atoms. The molecule has 0 aromatic heterocycles. The number of allylic oxidation sites excluding steroid dienone is 1. The Morgan fingerprint density at radius 3 is 2.39 bits per heavy atom. The summed E-state index contributed by atoms with van der Waals surface area (Å²) in [5.41, 5.74) is 1.75. The predicted octanol–water partition coefficient (Wildman–Crippen LogP) is 3.63. The van der Waals surface area contributed by atoms with Crippen molar-refractivity contribution in [3.8, 4) is 5.75 Å². The Morgan fingerprint density at radius 1 is 1.28 bits per heavy atom. The molecule has 3 heteroatoms. The number of nitrogens with one attached hydrogen (secondary N) is 1. The molecule has 18 heavy (non-hydrogen) atoms. The number of hydrogen-bond acceptors (Lipinski definition) is 2. The lowest BCUT2D eigenvalue weighted by Crippen LogP contribution is -2.08. The zero-order chi connectivity index (χ0) is 13.5. The SMILES string of the molecule is CC(C)=CC(=O)Nc1ccc(OCC(C)C)cc1. The zero-order valence-electron chi connectivity index (χ0n) is 11.5. The van der Waals surface area contributed by atoms with Gasteiger partial charge < -0.3 is 10.1 Å². The van der Waals surface area contributed by atoms with Gasteiger partial charge in [-0.05, 0) is 44.0 Å². The van der Waals surface area contributed by atoms with E-state index in [0.29, 0.717) is 12.5 Å². The lowest BCUT2D eigenvalue weighted by molar-refractivity contribution is -0.111. The minimum absolute atomic E-state index is 0.106. The van der Waals surface area contributed by atoms with Crippen LogP contribution in [0.25, 0.3) is 0 Å². The van der Waals surface area contributed by atoms with Gasteiger partial charge in [-0.3, -0.25) is 4.79 Å². The molecule has 3 nitrogen and oxygen atoms in total. The van der Waals surface area contributed by atoms with Crippen molar-refractivity contribution in [1.82, 2.24) is 0 Å². The van der Waals surface area contributed by atoms with E-state index in [2.05, 4.69) is 19.2 Å². The highest BCUT2D eigenvalue weighted by atomic mass is 16.5.